The maximum Gasteiger partial charge on any atom is 0.251 e. The quantitative estimate of drug-likeness (QED) is 0.691. The summed E-state index contributed by atoms with van der Waals surface area (Å²) >= 11 is 0. The SMILES string of the molecule is COCCOCC(=O)Nc1c2c(nn1C)CCNC2. The van der Waals surface area contributed by atoms with Crippen LogP contribution in [0.4, 0.5) is 5.82 Å². The minimum Gasteiger partial charge on any atom is -0.382 e. The first kappa shape index (κ1) is 14.0. The molecule has 19 heavy (non-hydrogen) atoms. The van der Waals surface area contributed by atoms with Crippen molar-refractivity contribution in [3.63, 3.8) is 0 Å². The molecule has 7 nitrogen and oxygen atoms in total. The molecule has 0 aromatic carbocycles. The second-order valence-corrected chi connectivity index (χ2v) is 4.42. The molecule has 1 aromatic heterocycles. The van der Waals surface area contributed by atoms with Crippen LogP contribution < -0.4 is 10.6 Å². The molecule has 2 heterocycles. The lowest BCUT2D eigenvalue weighted by Gasteiger charge is -2.13. The third-order valence-corrected chi connectivity index (χ3v) is 2.99. The van der Waals surface area contributed by atoms with Gasteiger partial charge in [-0.15, -0.1) is 0 Å². The van der Waals surface area contributed by atoms with Crippen molar-refractivity contribution in [1.29, 1.82) is 0 Å². The standard InChI is InChI=1S/C12H20N4O3/c1-16-12(9-7-13-4-3-10(9)15-16)14-11(17)8-19-6-5-18-2/h13H,3-8H2,1-2H3,(H,14,17). The van der Waals surface area contributed by atoms with E-state index in [4.69, 9.17) is 9.47 Å². The summed E-state index contributed by atoms with van der Waals surface area (Å²) in [6.07, 6.45) is 0.892. The molecule has 0 spiro atoms. The Kier molecular flexibility index (Phi) is 4.89. The molecule has 1 aromatic rings. The van der Waals surface area contributed by atoms with Gasteiger partial charge in [0.05, 0.1) is 18.9 Å². The molecule has 2 rings (SSSR count). The van der Waals surface area contributed by atoms with E-state index >= 15 is 0 Å². The number of hydrogen-bond acceptors (Lipinski definition) is 5. The lowest BCUT2D eigenvalue weighted by atomic mass is 10.1. The predicted molar refractivity (Wildman–Crippen MR) is 69.9 cm³/mol. The Morgan fingerprint density at radius 1 is 1.53 bits per heavy atom. The molecule has 0 radical (unpaired) electrons. The molecule has 1 aliphatic rings. The van der Waals surface area contributed by atoms with Crippen LogP contribution in [-0.4, -0.2) is 49.2 Å². The monoisotopic (exact) mass is 268 g/mol. The molecule has 0 aliphatic carbocycles. The number of nitrogens with one attached hydrogen (secondary N) is 2. The number of carbonyl (C=O) groups excluding carboxylic acids is 1. The van der Waals surface area contributed by atoms with Gasteiger partial charge in [0, 0.05) is 39.2 Å². The molecule has 1 amide bonds. The van der Waals surface area contributed by atoms with Crippen LogP contribution in [0.2, 0.25) is 0 Å². The minimum absolute atomic E-state index is 0.0245. The number of aryl methyl sites for hydroxylation is 1. The summed E-state index contributed by atoms with van der Waals surface area (Å²) < 4.78 is 11.7. The lowest BCUT2D eigenvalue weighted by Crippen LogP contribution is -2.25. The van der Waals surface area contributed by atoms with Crippen LogP contribution in [-0.2, 0) is 34.3 Å². The Balaban J connectivity index is 1.91. The van der Waals surface area contributed by atoms with E-state index in [1.807, 2.05) is 7.05 Å². The van der Waals surface area contributed by atoms with Crippen molar-refractivity contribution < 1.29 is 14.3 Å². The van der Waals surface area contributed by atoms with Crippen molar-refractivity contribution in [2.45, 2.75) is 13.0 Å². The highest BCUT2D eigenvalue weighted by Crippen LogP contribution is 2.21. The van der Waals surface area contributed by atoms with Crippen molar-refractivity contribution in [1.82, 2.24) is 15.1 Å². The van der Waals surface area contributed by atoms with E-state index in [2.05, 4.69) is 15.7 Å². The number of amides is 1. The fourth-order valence-electron chi connectivity index (χ4n) is 2.06. The van der Waals surface area contributed by atoms with Crippen LogP contribution in [0.15, 0.2) is 0 Å². The summed E-state index contributed by atoms with van der Waals surface area (Å²) in [5, 5.41) is 10.5. The zero-order valence-electron chi connectivity index (χ0n) is 11.4. The maximum absolute atomic E-state index is 11.8. The molecular weight excluding hydrogens is 248 g/mol. The van der Waals surface area contributed by atoms with Crippen LogP contribution >= 0.6 is 0 Å². The van der Waals surface area contributed by atoms with Gasteiger partial charge in [-0.1, -0.05) is 0 Å². The molecule has 0 saturated carbocycles. The zero-order chi connectivity index (χ0) is 13.7. The van der Waals surface area contributed by atoms with Crippen LogP contribution in [0.25, 0.3) is 0 Å². The van der Waals surface area contributed by atoms with Crippen molar-refractivity contribution in [3.8, 4) is 0 Å². The summed E-state index contributed by atoms with van der Waals surface area (Å²) in [4.78, 5) is 11.8. The first-order valence-electron chi connectivity index (χ1n) is 6.34. The average molecular weight is 268 g/mol. The van der Waals surface area contributed by atoms with Crippen molar-refractivity contribution in [3.05, 3.63) is 11.3 Å². The molecule has 106 valence electrons. The minimum atomic E-state index is -0.174. The molecule has 1 aliphatic heterocycles. The second-order valence-electron chi connectivity index (χ2n) is 4.42. The van der Waals surface area contributed by atoms with E-state index in [1.165, 1.54) is 0 Å². The summed E-state index contributed by atoms with van der Waals surface area (Å²) in [5.41, 5.74) is 2.12. The predicted octanol–water partition coefficient (Wildman–Crippen LogP) is -0.333. The van der Waals surface area contributed by atoms with E-state index in [9.17, 15) is 4.79 Å². The third-order valence-electron chi connectivity index (χ3n) is 2.99. The number of methoxy groups -OCH3 is 1. The van der Waals surface area contributed by atoms with Crippen molar-refractivity contribution >= 4 is 11.7 Å². The van der Waals surface area contributed by atoms with E-state index in [1.54, 1.807) is 11.8 Å². The Morgan fingerprint density at radius 2 is 2.37 bits per heavy atom. The number of hydrogen-bond donors (Lipinski definition) is 2. The van der Waals surface area contributed by atoms with Gasteiger partial charge in [0.25, 0.3) is 5.91 Å². The second kappa shape index (κ2) is 6.65. The molecular formula is C12H20N4O3. The molecule has 0 bridgehead atoms. The van der Waals surface area contributed by atoms with E-state index < -0.39 is 0 Å². The number of aromatic nitrogens is 2. The largest absolute Gasteiger partial charge is 0.382 e. The van der Waals surface area contributed by atoms with E-state index in [0.29, 0.717) is 13.2 Å². The van der Waals surface area contributed by atoms with Gasteiger partial charge in [0.1, 0.15) is 12.4 Å². The van der Waals surface area contributed by atoms with Crippen LogP contribution in [0, 0.1) is 0 Å². The third kappa shape index (κ3) is 3.52. The highest BCUT2D eigenvalue weighted by atomic mass is 16.5. The van der Waals surface area contributed by atoms with Crippen LogP contribution in [0.5, 0.6) is 0 Å². The maximum atomic E-state index is 11.8. The van der Waals surface area contributed by atoms with Gasteiger partial charge in [-0.2, -0.15) is 5.10 Å². The van der Waals surface area contributed by atoms with Gasteiger partial charge in [-0.05, 0) is 0 Å². The van der Waals surface area contributed by atoms with Gasteiger partial charge in [0.2, 0.25) is 0 Å². The van der Waals surface area contributed by atoms with Crippen LogP contribution in [0.3, 0.4) is 0 Å². The average Bonchev–Trinajstić information content (AvgIpc) is 2.72. The Hall–Kier alpha value is -1.44. The van der Waals surface area contributed by atoms with Crippen LogP contribution in [0.1, 0.15) is 11.3 Å². The number of rotatable bonds is 6. The van der Waals surface area contributed by atoms with Gasteiger partial charge in [0.15, 0.2) is 0 Å². The number of fused-ring (bicyclic) bond motifs is 1. The van der Waals surface area contributed by atoms with Gasteiger partial charge in [-0.25, -0.2) is 0 Å². The number of anilines is 1. The molecule has 7 heteroatoms. The van der Waals surface area contributed by atoms with Crippen molar-refractivity contribution in [2.75, 3.05) is 38.8 Å². The Morgan fingerprint density at radius 3 is 3.16 bits per heavy atom. The summed E-state index contributed by atoms with van der Waals surface area (Å²) in [6.45, 7) is 2.59. The van der Waals surface area contributed by atoms with Gasteiger partial charge >= 0.3 is 0 Å². The normalized spacial score (nSPS) is 14.2. The summed E-state index contributed by atoms with van der Waals surface area (Å²) in [5.74, 6) is 0.579. The molecule has 0 unspecified atom stereocenters. The molecule has 0 saturated heterocycles. The molecule has 0 atom stereocenters. The highest BCUT2D eigenvalue weighted by Gasteiger charge is 2.20. The first-order chi connectivity index (χ1) is 9.22. The highest BCUT2D eigenvalue weighted by molar-refractivity contribution is 5.91. The Bertz CT molecular complexity index is 444. The molecule has 2 N–H and O–H groups in total. The lowest BCUT2D eigenvalue weighted by molar-refractivity contribution is -0.121. The Labute approximate surface area is 112 Å². The fraction of sp³-hybridized carbons (Fsp3) is 0.667. The van der Waals surface area contributed by atoms with Crippen molar-refractivity contribution in [2.24, 2.45) is 7.05 Å². The number of nitrogens with zero attached hydrogens (tertiary/aromatic N) is 2. The number of ether oxygens (including phenoxy) is 2. The summed E-state index contributed by atoms with van der Waals surface area (Å²) in [6, 6.07) is 0. The topological polar surface area (TPSA) is 77.4 Å². The first-order valence-corrected chi connectivity index (χ1v) is 6.34. The fourth-order valence-corrected chi connectivity index (χ4v) is 2.06. The summed E-state index contributed by atoms with van der Waals surface area (Å²) in [7, 11) is 3.43. The van der Waals surface area contributed by atoms with E-state index in [-0.39, 0.29) is 12.5 Å². The number of carbonyl (C=O) groups is 1. The molecule has 0 fully saturated rings. The van der Waals surface area contributed by atoms with E-state index in [0.717, 1.165) is 36.6 Å². The zero-order valence-corrected chi connectivity index (χ0v) is 11.4. The van der Waals surface area contributed by atoms with Gasteiger partial charge < -0.3 is 20.1 Å². The smallest absolute Gasteiger partial charge is 0.251 e. The van der Waals surface area contributed by atoms with Gasteiger partial charge in [-0.3, -0.25) is 9.48 Å².